The third-order valence-electron chi connectivity index (χ3n) is 2.23. The Morgan fingerprint density at radius 2 is 2.00 bits per heavy atom. The molecule has 0 saturated carbocycles. The highest BCUT2D eigenvalue weighted by atomic mass is 32.2. The van der Waals surface area contributed by atoms with Crippen molar-refractivity contribution >= 4 is 17.6 Å². The monoisotopic (exact) mass is 278 g/mol. The van der Waals surface area contributed by atoms with Crippen molar-refractivity contribution < 1.29 is 0 Å². The molecule has 0 spiro atoms. The van der Waals surface area contributed by atoms with Crippen molar-refractivity contribution in [2.75, 3.05) is 5.43 Å². The summed E-state index contributed by atoms with van der Waals surface area (Å²) in [6.07, 6.45) is 0. The van der Waals surface area contributed by atoms with Gasteiger partial charge in [-0.3, -0.25) is 4.79 Å². The molecule has 19 heavy (non-hydrogen) atoms. The van der Waals surface area contributed by atoms with Crippen molar-refractivity contribution in [3.63, 3.8) is 0 Å². The van der Waals surface area contributed by atoms with Gasteiger partial charge in [0.1, 0.15) is 11.6 Å². The number of H-pyrrole nitrogens is 1. The standard InChI is InChI=1S/C11H14N6OS/c1-6-3-8(17-12)15-9(13-6)5-19-11-14-7(2)4-10(18)16-11/h3-4H,5,12H2,1-2H3,(H,13,15,17)(H,14,16,18). The number of nitrogens with zero attached hydrogens (tertiary/aromatic N) is 3. The highest BCUT2D eigenvalue weighted by molar-refractivity contribution is 7.98. The van der Waals surface area contributed by atoms with Gasteiger partial charge in [0.15, 0.2) is 5.16 Å². The fraction of sp³-hybridized carbons (Fsp3) is 0.273. The van der Waals surface area contributed by atoms with Crippen molar-refractivity contribution in [1.82, 2.24) is 19.9 Å². The van der Waals surface area contributed by atoms with Crippen LogP contribution in [0.2, 0.25) is 0 Å². The van der Waals surface area contributed by atoms with E-state index in [0.29, 0.717) is 28.2 Å². The van der Waals surface area contributed by atoms with Gasteiger partial charge in [0.25, 0.3) is 5.56 Å². The molecule has 100 valence electrons. The number of nitrogen functional groups attached to an aromatic ring is 1. The van der Waals surface area contributed by atoms with E-state index in [1.165, 1.54) is 17.8 Å². The molecule has 0 fully saturated rings. The van der Waals surface area contributed by atoms with Gasteiger partial charge in [0.2, 0.25) is 0 Å². The lowest BCUT2D eigenvalue weighted by atomic mass is 10.4. The lowest BCUT2D eigenvalue weighted by Crippen LogP contribution is -2.11. The first kappa shape index (κ1) is 13.5. The highest BCUT2D eigenvalue weighted by Crippen LogP contribution is 2.17. The minimum Gasteiger partial charge on any atom is -0.308 e. The minimum atomic E-state index is -0.163. The highest BCUT2D eigenvalue weighted by Gasteiger charge is 2.05. The maximum absolute atomic E-state index is 11.3. The van der Waals surface area contributed by atoms with Crippen molar-refractivity contribution in [3.8, 4) is 0 Å². The third kappa shape index (κ3) is 3.76. The predicted octanol–water partition coefficient (Wildman–Crippen LogP) is 0.755. The van der Waals surface area contributed by atoms with Crippen LogP contribution in [0.15, 0.2) is 22.1 Å². The topological polar surface area (TPSA) is 110 Å². The third-order valence-corrected chi connectivity index (χ3v) is 3.10. The molecule has 0 aromatic carbocycles. The number of nitrogens with one attached hydrogen (secondary N) is 2. The molecule has 2 aromatic heterocycles. The van der Waals surface area contributed by atoms with Gasteiger partial charge in [0, 0.05) is 23.5 Å². The van der Waals surface area contributed by atoms with Crippen LogP contribution in [-0.4, -0.2) is 19.9 Å². The number of hydrogen-bond acceptors (Lipinski definition) is 7. The Labute approximate surface area is 114 Å². The fourth-order valence-corrected chi connectivity index (χ4v) is 2.30. The van der Waals surface area contributed by atoms with E-state index in [1.54, 1.807) is 13.0 Å². The number of aryl methyl sites for hydroxylation is 2. The van der Waals surface area contributed by atoms with Crippen molar-refractivity contribution in [1.29, 1.82) is 0 Å². The average molecular weight is 278 g/mol. The van der Waals surface area contributed by atoms with Gasteiger partial charge in [-0.15, -0.1) is 0 Å². The predicted molar refractivity (Wildman–Crippen MR) is 73.7 cm³/mol. The summed E-state index contributed by atoms with van der Waals surface area (Å²) in [7, 11) is 0. The number of hydrazine groups is 1. The summed E-state index contributed by atoms with van der Waals surface area (Å²) >= 11 is 1.37. The van der Waals surface area contributed by atoms with Crippen LogP contribution >= 0.6 is 11.8 Å². The van der Waals surface area contributed by atoms with Gasteiger partial charge in [-0.25, -0.2) is 20.8 Å². The number of rotatable bonds is 4. The first-order valence-electron chi connectivity index (χ1n) is 5.59. The van der Waals surface area contributed by atoms with E-state index in [0.717, 1.165) is 5.69 Å². The number of aromatic nitrogens is 4. The van der Waals surface area contributed by atoms with Crippen molar-refractivity contribution in [2.24, 2.45) is 5.84 Å². The number of hydrogen-bond donors (Lipinski definition) is 3. The van der Waals surface area contributed by atoms with E-state index in [-0.39, 0.29) is 5.56 Å². The SMILES string of the molecule is Cc1cc(NN)nc(CSc2nc(C)cc(=O)[nH]2)n1. The first-order chi connectivity index (χ1) is 9.06. The minimum absolute atomic E-state index is 0.163. The summed E-state index contributed by atoms with van der Waals surface area (Å²) in [5.41, 5.74) is 3.83. The van der Waals surface area contributed by atoms with E-state index >= 15 is 0 Å². The summed E-state index contributed by atoms with van der Waals surface area (Å²) in [6, 6.07) is 3.20. The molecular formula is C11H14N6OS. The molecule has 0 unspecified atom stereocenters. The summed E-state index contributed by atoms with van der Waals surface area (Å²) < 4.78 is 0. The Kier molecular flexibility index (Phi) is 4.13. The molecule has 2 heterocycles. The average Bonchev–Trinajstić information content (AvgIpc) is 2.34. The maximum Gasteiger partial charge on any atom is 0.251 e. The number of nitrogens with two attached hydrogens (primary N) is 1. The van der Waals surface area contributed by atoms with Crippen LogP contribution in [0, 0.1) is 13.8 Å². The van der Waals surface area contributed by atoms with E-state index in [9.17, 15) is 4.79 Å². The Morgan fingerprint density at radius 1 is 1.26 bits per heavy atom. The molecule has 0 atom stereocenters. The van der Waals surface area contributed by atoms with Crippen LogP contribution < -0.4 is 16.8 Å². The molecule has 0 saturated heterocycles. The van der Waals surface area contributed by atoms with Crippen LogP contribution in [0.5, 0.6) is 0 Å². The molecule has 0 aliphatic heterocycles. The Hall–Kier alpha value is -1.93. The van der Waals surface area contributed by atoms with Gasteiger partial charge < -0.3 is 10.4 Å². The maximum atomic E-state index is 11.3. The second kappa shape index (κ2) is 5.81. The van der Waals surface area contributed by atoms with Crippen LogP contribution in [-0.2, 0) is 5.75 Å². The largest absolute Gasteiger partial charge is 0.308 e. The molecule has 0 radical (unpaired) electrons. The van der Waals surface area contributed by atoms with Crippen LogP contribution in [0.4, 0.5) is 5.82 Å². The van der Waals surface area contributed by atoms with E-state index in [4.69, 9.17) is 5.84 Å². The van der Waals surface area contributed by atoms with Crippen LogP contribution in [0.1, 0.15) is 17.2 Å². The molecule has 0 aliphatic rings. The normalized spacial score (nSPS) is 10.5. The molecule has 2 rings (SSSR count). The van der Waals surface area contributed by atoms with Gasteiger partial charge in [-0.05, 0) is 13.8 Å². The van der Waals surface area contributed by atoms with E-state index < -0.39 is 0 Å². The zero-order valence-electron chi connectivity index (χ0n) is 10.6. The summed E-state index contributed by atoms with van der Waals surface area (Å²) in [5.74, 6) is 7.02. The van der Waals surface area contributed by atoms with Gasteiger partial charge in [-0.2, -0.15) is 0 Å². The van der Waals surface area contributed by atoms with E-state index in [2.05, 4.69) is 25.4 Å². The second-order valence-corrected chi connectivity index (χ2v) is 4.90. The zero-order valence-corrected chi connectivity index (χ0v) is 11.4. The molecule has 7 nitrogen and oxygen atoms in total. The van der Waals surface area contributed by atoms with Crippen LogP contribution in [0.3, 0.4) is 0 Å². The van der Waals surface area contributed by atoms with Gasteiger partial charge >= 0.3 is 0 Å². The number of aromatic amines is 1. The smallest absolute Gasteiger partial charge is 0.251 e. The molecule has 0 amide bonds. The summed E-state index contributed by atoms with van der Waals surface area (Å²) in [6.45, 7) is 3.64. The second-order valence-electron chi connectivity index (χ2n) is 3.94. The summed E-state index contributed by atoms with van der Waals surface area (Å²) in [4.78, 5) is 26.7. The summed E-state index contributed by atoms with van der Waals surface area (Å²) in [5, 5.41) is 0.553. The Balaban J connectivity index is 2.14. The molecule has 4 N–H and O–H groups in total. The fourth-order valence-electron chi connectivity index (χ4n) is 1.52. The first-order valence-corrected chi connectivity index (χ1v) is 6.57. The molecule has 0 aliphatic carbocycles. The van der Waals surface area contributed by atoms with Crippen molar-refractivity contribution in [3.05, 3.63) is 39.7 Å². The quantitative estimate of drug-likeness (QED) is 0.328. The lowest BCUT2D eigenvalue weighted by molar-refractivity contribution is 0.900. The van der Waals surface area contributed by atoms with Gasteiger partial charge in [0.05, 0.1) is 5.75 Å². The van der Waals surface area contributed by atoms with Gasteiger partial charge in [-0.1, -0.05) is 11.8 Å². The Bertz CT molecular complexity index is 641. The number of thioether (sulfide) groups is 1. The van der Waals surface area contributed by atoms with E-state index in [1.807, 2.05) is 6.92 Å². The number of anilines is 1. The molecular weight excluding hydrogens is 264 g/mol. The van der Waals surface area contributed by atoms with Crippen LogP contribution in [0.25, 0.3) is 0 Å². The molecule has 2 aromatic rings. The lowest BCUT2D eigenvalue weighted by Gasteiger charge is -2.05. The zero-order chi connectivity index (χ0) is 13.8. The van der Waals surface area contributed by atoms with Crippen molar-refractivity contribution in [2.45, 2.75) is 24.8 Å². The molecule has 8 heteroatoms. The molecule has 0 bridgehead atoms. The Morgan fingerprint density at radius 3 is 2.68 bits per heavy atom.